The van der Waals surface area contributed by atoms with Crippen LogP contribution in [0.25, 0.3) is 11.4 Å². The van der Waals surface area contributed by atoms with Crippen molar-refractivity contribution in [2.75, 3.05) is 25.0 Å². The first-order valence-corrected chi connectivity index (χ1v) is 9.27. The third kappa shape index (κ3) is 3.80. The summed E-state index contributed by atoms with van der Waals surface area (Å²) in [6.45, 7) is 1.58. The molecule has 0 spiro atoms. The third-order valence-corrected chi connectivity index (χ3v) is 4.76. The summed E-state index contributed by atoms with van der Waals surface area (Å²) >= 11 is 6.02. The molecule has 3 aromatic rings. The molecule has 1 aromatic heterocycles. The van der Waals surface area contributed by atoms with Crippen LogP contribution in [-0.4, -0.2) is 36.2 Å². The van der Waals surface area contributed by atoms with Gasteiger partial charge in [0.1, 0.15) is 0 Å². The lowest BCUT2D eigenvalue weighted by Gasteiger charge is -2.22. The monoisotopic (exact) mass is 381 g/mol. The summed E-state index contributed by atoms with van der Waals surface area (Å²) in [7, 11) is 1.80. The first-order chi connectivity index (χ1) is 13.2. The summed E-state index contributed by atoms with van der Waals surface area (Å²) in [6.07, 6.45) is 1.64. The molecule has 1 aliphatic rings. The molecular weight excluding hydrogens is 362 g/mol. The number of halogens is 1. The van der Waals surface area contributed by atoms with E-state index in [2.05, 4.69) is 49.6 Å². The zero-order valence-electron chi connectivity index (χ0n) is 15.0. The van der Waals surface area contributed by atoms with Gasteiger partial charge in [0.05, 0.1) is 0 Å². The molecule has 27 heavy (non-hydrogen) atoms. The van der Waals surface area contributed by atoms with E-state index in [9.17, 15) is 0 Å². The highest BCUT2D eigenvalue weighted by Crippen LogP contribution is 2.27. The molecule has 6 nitrogen and oxygen atoms in total. The number of rotatable bonds is 4. The number of hydrogen-bond donors (Lipinski definition) is 1. The predicted octanol–water partition coefficient (Wildman–Crippen LogP) is 3.57. The van der Waals surface area contributed by atoms with Crippen LogP contribution in [0.5, 0.6) is 0 Å². The fraction of sp³-hybridized carbons (Fsp3) is 0.250. The number of benzene rings is 2. The molecule has 4 rings (SSSR count). The van der Waals surface area contributed by atoms with Gasteiger partial charge >= 0.3 is 0 Å². The fourth-order valence-electron chi connectivity index (χ4n) is 3.24. The Morgan fingerprint density at radius 3 is 3.00 bits per heavy atom. The van der Waals surface area contributed by atoms with E-state index in [4.69, 9.17) is 16.1 Å². The Labute approximate surface area is 162 Å². The summed E-state index contributed by atoms with van der Waals surface area (Å²) in [6, 6.07) is 15.8. The Balaban J connectivity index is 1.37. The molecule has 2 aromatic carbocycles. The van der Waals surface area contributed by atoms with Crippen molar-refractivity contribution in [1.82, 2.24) is 15.5 Å². The highest BCUT2D eigenvalue weighted by Gasteiger charge is 2.22. The van der Waals surface area contributed by atoms with Crippen molar-refractivity contribution in [1.29, 1.82) is 0 Å². The van der Waals surface area contributed by atoms with Crippen LogP contribution in [0, 0.1) is 0 Å². The average Bonchev–Trinajstić information content (AvgIpc) is 3.33. The number of anilines is 1. The zero-order chi connectivity index (χ0) is 18.6. The Kier molecular flexibility index (Phi) is 5.07. The van der Waals surface area contributed by atoms with Gasteiger partial charge in [-0.15, -0.1) is 0 Å². The van der Waals surface area contributed by atoms with E-state index >= 15 is 0 Å². The van der Waals surface area contributed by atoms with Crippen molar-refractivity contribution in [2.45, 2.75) is 12.8 Å². The van der Waals surface area contributed by atoms with Crippen molar-refractivity contribution in [2.24, 2.45) is 4.99 Å². The van der Waals surface area contributed by atoms with Crippen LogP contribution >= 0.6 is 11.6 Å². The molecule has 2 heterocycles. The molecule has 0 saturated carbocycles. The molecule has 0 aliphatic carbocycles. The summed E-state index contributed by atoms with van der Waals surface area (Å²) in [4.78, 5) is 11.1. The van der Waals surface area contributed by atoms with E-state index in [0.29, 0.717) is 29.7 Å². The topological polar surface area (TPSA) is 66.5 Å². The number of nitrogens with zero attached hydrogens (tertiary/aromatic N) is 4. The van der Waals surface area contributed by atoms with Gasteiger partial charge in [0.25, 0.3) is 0 Å². The van der Waals surface area contributed by atoms with Gasteiger partial charge in [-0.2, -0.15) is 4.98 Å². The standard InChI is InChI=1S/C20H20ClN5O/c1-22-20(26-12-10-14-5-2-3-8-17(14)26)23-11-9-18-24-19(25-27-18)15-6-4-7-16(21)13-15/h2-8,13H,9-12H2,1H3,(H,22,23). The van der Waals surface area contributed by atoms with Gasteiger partial charge in [0.15, 0.2) is 5.96 Å². The number of fused-ring (bicyclic) bond motifs is 1. The molecule has 0 fully saturated rings. The van der Waals surface area contributed by atoms with Crippen LogP contribution in [0.2, 0.25) is 5.02 Å². The second-order valence-electron chi connectivity index (χ2n) is 6.28. The lowest BCUT2D eigenvalue weighted by molar-refractivity contribution is 0.379. The van der Waals surface area contributed by atoms with Crippen molar-refractivity contribution in [3.8, 4) is 11.4 Å². The number of hydrogen-bond acceptors (Lipinski definition) is 4. The molecule has 0 radical (unpaired) electrons. The fourth-order valence-corrected chi connectivity index (χ4v) is 3.43. The van der Waals surface area contributed by atoms with Crippen molar-refractivity contribution < 1.29 is 4.52 Å². The smallest absolute Gasteiger partial charge is 0.228 e. The van der Waals surface area contributed by atoms with E-state index in [1.54, 1.807) is 7.05 Å². The van der Waals surface area contributed by atoms with Gasteiger partial charge in [0, 0.05) is 42.8 Å². The molecule has 0 amide bonds. The molecule has 1 N–H and O–H groups in total. The van der Waals surface area contributed by atoms with E-state index in [0.717, 1.165) is 24.5 Å². The Bertz CT molecular complexity index is 968. The summed E-state index contributed by atoms with van der Waals surface area (Å²) in [5.41, 5.74) is 3.41. The number of guanidine groups is 1. The normalized spacial score (nSPS) is 13.7. The minimum Gasteiger partial charge on any atom is -0.355 e. The second-order valence-corrected chi connectivity index (χ2v) is 6.71. The van der Waals surface area contributed by atoms with Crippen LogP contribution < -0.4 is 10.2 Å². The first kappa shape index (κ1) is 17.5. The first-order valence-electron chi connectivity index (χ1n) is 8.89. The molecule has 138 valence electrons. The minimum absolute atomic E-state index is 0.547. The van der Waals surface area contributed by atoms with Crippen LogP contribution in [-0.2, 0) is 12.8 Å². The van der Waals surface area contributed by atoms with Gasteiger partial charge in [-0.1, -0.05) is 47.1 Å². The van der Waals surface area contributed by atoms with Gasteiger partial charge in [-0.25, -0.2) is 0 Å². The van der Waals surface area contributed by atoms with Crippen LogP contribution in [0.15, 0.2) is 58.0 Å². The maximum Gasteiger partial charge on any atom is 0.228 e. The SMILES string of the molecule is CN=C(NCCc1nc(-c2cccc(Cl)c2)no1)N1CCc2ccccc21. The summed E-state index contributed by atoms with van der Waals surface area (Å²) in [5, 5.41) is 8.07. The number of aliphatic imine (C=N–C) groups is 1. The lowest BCUT2D eigenvalue weighted by atomic mass is 10.2. The maximum atomic E-state index is 6.02. The molecule has 0 bridgehead atoms. The maximum absolute atomic E-state index is 6.02. The minimum atomic E-state index is 0.547. The highest BCUT2D eigenvalue weighted by molar-refractivity contribution is 6.30. The summed E-state index contributed by atoms with van der Waals surface area (Å²) in [5.74, 6) is 1.98. The molecule has 0 atom stereocenters. The average molecular weight is 382 g/mol. The van der Waals surface area contributed by atoms with Crippen LogP contribution in [0.1, 0.15) is 11.5 Å². The molecule has 7 heteroatoms. The van der Waals surface area contributed by atoms with E-state index in [1.165, 1.54) is 11.3 Å². The molecule has 0 saturated heterocycles. The van der Waals surface area contributed by atoms with Crippen LogP contribution in [0.3, 0.4) is 0 Å². The Hall–Kier alpha value is -2.86. The van der Waals surface area contributed by atoms with Gasteiger partial charge in [0.2, 0.25) is 11.7 Å². The van der Waals surface area contributed by atoms with Crippen molar-refractivity contribution in [3.63, 3.8) is 0 Å². The lowest BCUT2D eigenvalue weighted by Crippen LogP contribution is -2.41. The number of para-hydroxylation sites is 1. The van der Waals surface area contributed by atoms with Gasteiger partial charge in [-0.05, 0) is 30.2 Å². The van der Waals surface area contributed by atoms with Crippen molar-refractivity contribution in [3.05, 3.63) is 65.0 Å². The molecular formula is C20H20ClN5O. The highest BCUT2D eigenvalue weighted by atomic mass is 35.5. The Morgan fingerprint density at radius 2 is 2.15 bits per heavy atom. The van der Waals surface area contributed by atoms with Gasteiger partial charge < -0.3 is 14.7 Å². The molecule has 0 unspecified atom stereocenters. The second kappa shape index (κ2) is 7.80. The summed E-state index contributed by atoms with van der Waals surface area (Å²) < 4.78 is 5.36. The predicted molar refractivity (Wildman–Crippen MR) is 107 cm³/mol. The van der Waals surface area contributed by atoms with E-state index < -0.39 is 0 Å². The van der Waals surface area contributed by atoms with E-state index in [-0.39, 0.29) is 0 Å². The van der Waals surface area contributed by atoms with Gasteiger partial charge in [-0.3, -0.25) is 4.99 Å². The quantitative estimate of drug-likeness (QED) is 0.552. The van der Waals surface area contributed by atoms with Crippen molar-refractivity contribution >= 4 is 23.2 Å². The van der Waals surface area contributed by atoms with Crippen LogP contribution in [0.4, 0.5) is 5.69 Å². The largest absolute Gasteiger partial charge is 0.355 e. The Morgan fingerprint density at radius 1 is 1.26 bits per heavy atom. The third-order valence-electron chi connectivity index (χ3n) is 4.53. The molecule has 1 aliphatic heterocycles. The number of aromatic nitrogens is 2. The zero-order valence-corrected chi connectivity index (χ0v) is 15.8. The number of nitrogens with one attached hydrogen (secondary N) is 1. The van der Waals surface area contributed by atoms with E-state index in [1.807, 2.05) is 24.3 Å².